The Kier molecular flexibility index (Phi) is 2.56. The number of pyridine rings is 1. The van der Waals surface area contributed by atoms with E-state index in [1.807, 2.05) is 36.4 Å². The molecule has 2 aromatic carbocycles. The zero-order valence-electron chi connectivity index (χ0n) is 10.4. The van der Waals surface area contributed by atoms with E-state index in [0.717, 1.165) is 21.7 Å². The minimum Gasteiger partial charge on any atom is -0.322 e. The second-order valence-electron chi connectivity index (χ2n) is 4.44. The maximum Gasteiger partial charge on any atom is 0.272 e. The van der Waals surface area contributed by atoms with Gasteiger partial charge >= 0.3 is 0 Å². The molecule has 0 bridgehead atoms. The number of aromatic amines is 1. The van der Waals surface area contributed by atoms with Gasteiger partial charge in [-0.1, -0.05) is 30.3 Å². The van der Waals surface area contributed by atoms with Crippen molar-refractivity contribution < 1.29 is 4.79 Å². The molecule has 0 saturated heterocycles. The van der Waals surface area contributed by atoms with E-state index in [0.29, 0.717) is 0 Å². The van der Waals surface area contributed by atoms with Gasteiger partial charge in [-0.05, 0) is 22.9 Å². The number of hydrogen-bond donors (Lipinski definition) is 2. The van der Waals surface area contributed by atoms with Crippen LogP contribution in [0.2, 0.25) is 0 Å². The first-order valence-corrected chi connectivity index (χ1v) is 5.97. The summed E-state index contributed by atoms with van der Waals surface area (Å²) in [5.74, 6) is -0.259. The van der Waals surface area contributed by atoms with Crippen molar-refractivity contribution in [1.82, 2.24) is 4.98 Å². The van der Waals surface area contributed by atoms with E-state index in [-0.39, 0.29) is 17.2 Å². The van der Waals surface area contributed by atoms with Crippen LogP contribution in [-0.2, 0) is 4.79 Å². The molecular formula is C15H12N2O2. The highest BCUT2D eigenvalue weighted by atomic mass is 16.2. The number of benzene rings is 2. The van der Waals surface area contributed by atoms with Crippen LogP contribution in [0.5, 0.6) is 0 Å². The molecule has 19 heavy (non-hydrogen) atoms. The van der Waals surface area contributed by atoms with E-state index in [1.54, 1.807) is 6.07 Å². The zero-order valence-corrected chi connectivity index (χ0v) is 10.4. The first kappa shape index (κ1) is 11.5. The summed E-state index contributed by atoms with van der Waals surface area (Å²) in [7, 11) is 0. The van der Waals surface area contributed by atoms with E-state index in [2.05, 4.69) is 10.3 Å². The lowest BCUT2D eigenvalue weighted by atomic mass is 10.1. The molecule has 0 atom stereocenters. The summed E-state index contributed by atoms with van der Waals surface area (Å²) in [6, 6.07) is 13.5. The van der Waals surface area contributed by atoms with E-state index < -0.39 is 0 Å². The van der Waals surface area contributed by atoms with Crippen LogP contribution in [0.15, 0.2) is 47.3 Å². The number of rotatable bonds is 1. The zero-order chi connectivity index (χ0) is 13.4. The molecule has 0 saturated carbocycles. The molecule has 0 aliphatic carbocycles. The first-order valence-electron chi connectivity index (χ1n) is 5.97. The van der Waals surface area contributed by atoms with Gasteiger partial charge in [-0.3, -0.25) is 9.59 Å². The molecule has 0 radical (unpaired) electrons. The summed E-state index contributed by atoms with van der Waals surface area (Å²) in [5.41, 5.74) is 0.743. The van der Waals surface area contributed by atoms with Gasteiger partial charge < -0.3 is 10.3 Å². The summed E-state index contributed by atoms with van der Waals surface area (Å²) in [6.07, 6.45) is 0. The highest BCUT2D eigenvalue weighted by molar-refractivity contribution is 6.07. The maximum atomic E-state index is 11.8. The topological polar surface area (TPSA) is 62.0 Å². The summed E-state index contributed by atoms with van der Waals surface area (Å²) in [6.45, 7) is 1.38. The van der Waals surface area contributed by atoms with E-state index in [1.165, 1.54) is 6.92 Å². The molecule has 1 aromatic heterocycles. The standard InChI is InChI=1S/C15H12N2O2/c1-9(18)16-14-8-12-11-5-3-2-4-10(11)6-7-13(12)17-15(14)19/h2-8H,1H3,(H,16,18)(H,17,19). The lowest BCUT2D eigenvalue weighted by Crippen LogP contribution is -2.17. The fourth-order valence-electron chi connectivity index (χ4n) is 2.24. The molecular weight excluding hydrogens is 240 g/mol. The van der Waals surface area contributed by atoms with Gasteiger partial charge in [-0.15, -0.1) is 0 Å². The molecule has 0 unspecified atom stereocenters. The monoisotopic (exact) mass is 252 g/mol. The lowest BCUT2D eigenvalue weighted by molar-refractivity contribution is -0.114. The van der Waals surface area contributed by atoms with Crippen molar-refractivity contribution in [2.45, 2.75) is 6.92 Å². The van der Waals surface area contributed by atoms with Crippen LogP contribution in [0.3, 0.4) is 0 Å². The van der Waals surface area contributed by atoms with Gasteiger partial charge in [-0.25, -0.2) is 0 Å². The fourth-order valence-corrected chi connectivity index (χ4v) is 2.24. The average molecular weight is 252 g/mol. The molecule has 1 heterocycles. The van der Waals surface area contributed by atoms with Gasteiger partial charge in [0.15, 0.2) is 0 Å². The van der Waals surface area contributed by atoms with Gasteiger partial charge in [0.05, 0.1) is 0 Å². The van der Waals surface area contributed by atoms with Crippen LogP contribution in [0, 0.1) is 0 Å². The van der Waals surface area contributed by atoms with E-state index >= 15 is 0 Å². The smallest absolute Gasteiger partial charge is 0.272 e. The number of fused-ring (bicyclic) bond motifs is 3. The van der Waals surface area contributed by atoms with Gasteiger partial charge in [0.2, 0.25) is 5.91 Å². The number of H-pyrrole nitrogens is 1. The Morgan fingerprint density at radius 2 is 1.89 bits per heavy atom. The predicted molar refractivity (Wildman–Crippen MR) is 76.4 cm³/mol. The van der Waals surface area contributed by atoms with Crippen molar-refractivity contribution >= 4 is 33.3 Å². The van der Waals surface area contributed by atoms with Crippen LogP contribution in [0.25, 0.3) is 21.7 Å². The number of nitrogens with one attached hydrogen (secondary N) is 2. The normalized spacial score (nSPS) is 10.8. The molecule has 0 aliphatic rings. The lowest BCUT2D eigenvalue weighted by Gasteiger charge is -2.06. The summed E-state index contributed by atoms with van der Waals surface area (Å²) in [4.78, 5) is 25.7. The number of carbonyl (C=O) groups excluding carboxylic acids is 1. The number of aromatic nitrogens is 1. The van der Waals surface area contributed by atoms with E-state index in [9.17, 15) is 9.59 Å². The number of carbonyl (C=O) groups is 1. The van der Waals surface area contributed by atoms with E-state index in [4.69, 9.17) is 0 Å². The van der Waals surface area contributed by atoms with Gasteiger partial charge in [-0.2, -0.15) is 0 Å². The quantitative estimate of drug-likeness (QED) is 0.654. The minimum atomic E-state index is -0.294. The van der Waals surface area contributed by atoms with Gasteiger partial charge in [0.25, 0.3) is 5.56 Å². The first-order chi connectivity index (χ1) is 9.15. The second kappa shape index (κ2) is 4.24. The molecule has 4 nitrogen and oxygen atoms in total. The number of amides is 1. The summed E-state index contributed by atoms with van der Waals surface area (Å²) < 4.78 is 0. The Labute approximate surface area is 109 Å². The molecule has 1 amide bonds. The Morgan fingerprint density at radius 3 is 2.68 bits per heavy atom. The van der Waals surface area contributed by atoms with Crippen molar-refractivity contribution in [3.8, 4) is 0 Å². The molecule has 0 fully saturated rings. The Morgan fingerprint density at radius 1 is 1.11 bits per heavy atom. The summed E-state index contributed by atoms with van der Waals surface area (Å²) >= 11 is 0. The number of hydrogen-bond acceptors (Lipinski definition) is 2. The average Bonchev–Trinajstić information content (AvgIpc) is 2.39. The van der Waals surface area contributed by atoms with Crippen molar-refractivity contribution in [3.63, 3.8) is 0 Å². The molecule has 3 aromatic rings. The van der Waals surface area contributed by atoms with Crippen LogP contribution >= 0.6 is 0 Å². The van der Waals surface area contributed by atoms with Gasteiger partial charge in [0, 0.05) is 17.8 Å². The van der Waals surface area contributed by atoms with Crippen molar-refractivity contribution in [3.05, 3.63) is 52.8 Å². The van der Waals surface area contributed by atoms with Crippen LogP contribution in [-0.4, -0.2) is 10.9 Å². The van der Waals surface area contributed by atoms with Crippen LogP contribution < -0.4 is 10.9 Å². The third-order valence-electron chi connectivity index (χ3n) is 3.06. The largest absolute Gasteiger partial charge is 0.322 e. The highest BCUT2D eigenvalue weighted by Gasteiger charge is 2.06. The number of anilines is 1. The second-order valence-corrected chi connectivity index (χ2v) is 4.44. The van der Waals surface area contributed by atoms with Gasteiger partial charge in [0.1, 0.15) is 5.69 Å². The molecule has 2 N–H and O–H groups in total. The maximum absolute atomic E-state index is 11.8. The van der Waals surface area contributed by atoms with Crippen molar-refractivity contribution in [1.29, 1.82) is 0 Å². The van der Waals surface area contributed by atoms with Crippen LogP contribution in [0.4, 0.5) is 5.69 Å². The molecule has 0 aliphatic heterocycles. The summed E-state index contributed by atoms with van der Waals surface area (Å²) in [5, 5.41) is 5.60. The Bertz CT molecular complexity index is 850. The third kappa shape index (κ3) is 1.97. The Hall–Kier alpha value is -2.62. The molecule has 4 heteroatoms. The molecule has 94 valence electrons. The van der Waals surface area contributed by atoms with Crippen LogP contribution in [0.1, 0.15) is 6.92 Å². The predicted octanol–water partition coefficient (Wildman–Crippen LogP) is 2.64. The molecule has 0 spiro atoms. The van der Waals surface area contributed by atoms with Crippen molar-refractivity contribution in [2.24, 2.45) is 0 Å². The molecule has 3 rings (SSSR count). The highest BCUT2D eigenvalue weighted by Crippen LogP contribution is 2.24. The minimum absolute atomic E-state index is 0.259. The van der Waals surface area contributed by atoms with Crippen molar-refractivity contribution in [2.75, 3.05) is 5.32 Å². The fraction of sp³-hybridized carbons (Fsp3) is 0.0667. The SMILES string of the molecule is CC(=O)Nc1cc2c(ccc3ccccc32)[nH]c1=O. The Balaban J connectivity index is 2.38. The third-order valence-corrected chi connectivity index (χ3v) is 3.06.